The normalized spacial score (nSPS) is 22.5. The maximum Gasteiger partial charge on any atom is 0.242 e. The number of imidazole rings is 2. The number of aliphatic hydroxyl groups excluding tert-OH is 1. The summed E-state index contributed by atoms with van der Waals surface area (Å²) in [5.74, 6) is 0.900. The number of aromatic nitrogens is 4. The Balaban J connectivity index is 1.54. The van der Waals surface area contributed by atoms with E-state index in [0.29, 0.717) is 0 Å². The van der Waals surface area contributed by atoms with Gasteiger partial charge in [-0.2, -0.15) is 0 Å². The van der Waals surface area contributed by atoms with Gasteiger partial charge in [-0.05, 0) is 31.4 Å². The van der Waals surface area contributed by atoms with Crippen LogP contribution >= 0.6 is 0 Å². The molecule has 2 heterocycles. The largest absolute Gasteiger partial charge is 0.389 e. The summed E-state index contributed by atoms with van der Waals surface area (Å²) in [4.78, 5) is 23.6. The molecule has 2 aromatic heterocycles. The summed E-state index contributed by atoms with van der Waals surface area (Å²) < 4.78 is 3.95. The van der Waals surface area contributed by atoms with E-state index in [9.17, 15) is 9.90 Å². The molecule has 0 unspecified atom stereocenters. The van der Waals surface area contributed by atoms with Crippen LogP contribution in [0.3, 0.4) is 0 Å². The van der Waals surface area contributed by atoms with Crippen LogP contribution in [0.5, 0.6) is 0 Å². The van der Waals surface area contributed by atoms with Crippen LogP contribution in [0.1, 0.15) is 38.1 Å². The molecule has 1 N–H and O–H groups in total. The van der Waals surface area contributed by atoms with Crippen LogP contribution in [-0.4, -0.2) is 54.2 Å². The summed E-state index contributed by atoms with van der Waals surface area (Å²) >= 11 is 0. The van der Waals surface area contributed by atoms with E-state index in [1.54, 1.807) is 24.5 Å². The van der Waals surface area contributed by atoms with Gasteiger partial charge in [0.15, 0.2) is 0 Å². The van der Waals surface area contributed by atoms with Crippen molar-refractivity contribution in [3.05, 3.63) is 48.8 Å². The highest BCUT2D eigenvalue weighted by Crippen LogP contribution is 2.31. The van der Waals surface area contributed by atoms with Crippen molar-refractivity contribution in [1.82, 2.24) is 24.0 Å². The molecule has 3 aromatic rings. The number of hydrogen-bond acceptors (Lipinski definition) is 4. The summed E-state index contributed by atoms with van der Waals surface area (Å²) in [7, 11) is 1.80. The Morgan fingerprint density at radius 3 is 2.89 bits per heavy atom. The van der Waals surface area contributed by atoms with E-state index in [1.165, 1.54) is 0 Å². The number of aliphatic hydroxyl groups is 1. The molecule has 7 heteroatoms. The van der Waals surface area contributed by atoms with Gasteiger partial charge in [0.25, 0.3) is 0 Å². The molecule has 1 saturated carbocycles. The van der Waals surface area contributed by atoms with E-state index in [4.69, 9.17) is 0 Å². The number of carbonyl (C=O) groups is 1. The molecule has 0 aliphatic heterocycles. The molecule has 1 aromatic carbocycles. The summed E-state index contributed by atoms with van der Waals surface area (Å²) in [6.07, 6.45) is 8.16. The number of fused-ring (bicyclic) bond motifs is 1. The Labute approximate surface area is 164 Å². The van der Waals surface area contributed by atoms with Gasteiger partial charge in [-0.15, -0.1) is 0 Å². The highest BCUT2D eigenvalue weighted by molar-refractivity contribution is 5.81. The summed E-state index contributed by atoms with van der Waals surface area (Å²) in [5, 5.41) is 11.0. The number of amides is 1. The number of carbonyl (C=O) groups excluding carboxylic acids is 1. The van der Waals surface area contributed by atoms with E-state index < -0.39 is 6.10 Å². The van der Waals surface area contributed by atoms with Gasteiger partial charge in [-0.3, -0.25) is 4.79 Å². The lowest BCUT2D eigenvalue weighted by molar-refractivity contribution is -0.137. The Bertz CT molecular complexity index is 949. The fourth-order valence-corrected chi connectivity index (χ4v) is 4.35. The molecule has 1 fully saturated rings. The van der Waals surface area contributed by atoms with Crippen molar-refractivity contribution in [3.8, 4) is 0 Å². The molecule has 1 aliphatic carbocycles. The summed E-state index contributed by atoms with van der Waals surface area (Å²) in [5.41, 5.74) is 1.88. The average molecular weight is 381 g/mol. The fraction of sp³-hybridized carbons (Fsp3) is 0.476. The highest BCUT2D eigenvalue weighted by atomic mass is 16.3. The van der Waals surface area contributed by atoms with E-state index >= 15 is 0 Å². The van der Waals surface area contributed by atoms with Crippen molar-refractivity contribution in [1.29, 1.82) is 0 Å². The molecule has 1 aliphatic rings. The number of nitrogens with zero attached hydrogens (tertiary/aromatic N) is 5. The van der Waals surface area contributed by atoms with Gasteiger partial charge >= 0.3 is 0 Å². The minimum atomic E-state index is -0.609. The number of rotatable bonds is 5. The monoisotopic (exact) mass is 381 g/mol. The molecule has 7 nitrogen and oxygen atoms in total. The van der Waals surface area contributed by atoms with Gasteiger partial charge < -0.3 is 19.1 Å². The van der Waals surface area contributed by atoms with Crippen LogP contribution < -0.4 is 0 Å². The summed E-state index contributed by atoms with van der Waals surface area (Å²) in [6, 6.07) is 7.65. The number of para-hydroxylation sites is 2. The summed E-state index contributed by atoms with van der Waals surface area (Å²) in [6.45, 7) is 2.28. The second kappa shape index (κ2) is 7.75. The minimum absolute atomic E-state index is 0.00631. The van der Waals surface area contributed by atoms with E-state index in [0.717, 1.165) is 42.5 Å². The molecule has 148 valence electrons. The van der Waals surface area contributed by atoms with Gasteiger partial charge in [-0.25, -0.2) is 9.97 Å². The molecule has 0 spiro atoms. The topological polar surface area (TPSA) is 76.2 Å². The molecule has 28 heavy (non-hydrogen) atoms. The third-order valence-corrected chi connectivity index (χ3v) is 5.93. The molecular formula is C21H27N5O2. The molecule has 0 saturated heterocycles. The molecular weight excluding hydrogens is 354 g/mol. The predicted molar refractivity (Wildman–Crippen MR) is 107 cm³/mol. The van der Waals surface area contributed by atoms with E-state index in [-0.39, 0.29) is 24.5 Å². The third kappa shape index (κ3) is 3.30. The quantitative estimate of drug-likeness (QED) is 0.736. The Morgan fingerprint density at radius 1 is 1.32 bits per heavy atom. The van der Waals surface area contributed by atoms with Crippen molar-refractivity contribution in [2.45, 2.75) is 57.3 Å². The minimum Gasteiger partial charge on any atom is -0.389 e. The first-order chi connectivity index (χ1) is 13.6. The second-order valence-electron chi connectivity index (χ2n) is 7.53. The van der Waals surface area contributed by atoms with Crippen molar-refractivity contribution in [2.24, 2.45) is 0 Å². The lowest BCUT2D eigenvalue weighted by atomic mass is 9.87. The van der Waals surface area contributed by atoms with Crippen molar-refractivity contribution < 1.29 is 9.90 Å². The molecule has 0 bridgehead atoms. The van der Waals surface area contributed by atoms with Crippen molar-refractivity contribution >= 4 is 16.9 Å². The molecule has 0 radical (unpaired) electrons. The number of aryl methyl sites for hydroxylation is 1. The van der Waals surface area contributed by atoms with Crippen LogP contribution in [0.15, 0.2) is 43.0 Å². The standard InChI is InChI=1S/C21H27N5O2/c1-3-19-23-15-7-4-5-8-16(15)26(19)13-20(27)24(2)17-9-6-10-18(21(17)28)25-12-11-22-14-25/h4-5,7-8,11-12,14,17-18,21,28H,3,6,9-10,13H2,1-2H3/t17-,18-,21-/m1/s1. The lowest BCUT2D eigenvalue weighted by Gasteiger charge is -2.40. The van der Waals surface area contributed by atoms with Gasteiger partial charge in [-0.1, -0.05) is 19.1 Å². The first-order valence-corrected chi connectivity index (χ1v) is 9.95. The van der Waals surface area contributed by atoms with E-state index in [1.807, 2.05) is 46.5 Å². The zero-order chi connectivity index (χ0) is 19.7. The number of hydrogen-bond donors (Lipinski definition) is 1. The van der Waals surface area contributed by atoms with Crippen molar-refractivity contribution in [3.63, 3.8) is 0 Å². The fourth-order valence-electron chi connectivity index (χ4n) is 4.35. The van der Waals surface area contributed by atoms with Crippen LogP contribution in [0.4, 0.5) is 0 Å². The van der Waals surface area contributed by atoms with Crippen LogP contribution in [0.2, 0.25) is 0 Å². The lowest BCUT2D eigenvalue weighted by Crippen LogP contribution is -2.50. The third-order valence-electron chi connectivity index (χ3n) is 5.93. The van der Waals surface area contributed by atoms with Crippen LogP contribution in [-0.2, 0) is 17.8 Å². The Hall–Kier alpha value is -2.67. The molecule has 4 rings (SSSR count). The van der Waals surface area contributed by atoms with Crippen LogP contribution in [0.25, 0.3) is 11.0 Å². The molecule has 3 atom stereocenters. The van der Waals surface area contributed by atoms with Crippen LogP contribution in [0, 0.1) is 0 Å². The Kier molecular flexibility index (Phi) is 5.17. The van der Waals surface area contributed by atoms with Gasteiger partial charge in [0.05, 0.1) is 35.5 Å². The number of benzene rings is 1. The van der Waals surface area contributed by atoms with Gasteiger partial charge in [0.1, 0.15) is 12.4 Å². The maximum absolute atomic E-state index is 13.1. The van der Waals surface area contributed by atoms with Crippen molar-refractivity contribution in [2.75, 3.05) is 7.05 Å². The molecule has 1 amide bonds. The Morgan fingerprint density at radius 2 is 2.14 bits per heavy atom. The SMILES string of the molecule is CCc1nc2ccccc2n1CC(=O)N(C)[C@@H]1CCC[C@@H](n2ccnc2)[C@@H]1O. The predicted octanol–water partition coefficient (Wildman–Crippen LogP) is 2.41. The first-order valence-electron chi connectivity index (χ1n) is 9.95. The smallest absolute Gasteiger partial charge is 0.242 e. The first kappa shape index (κ1) is 18.7. The maximum atomic E-state index is 13.1. The zero-order valence-corrected chi connectivity index (χ0v) is 16.4. The average Bonchev–Trinajstić information content (AvgIpc) is 3.36. The van der Waals surface area contributed by atoms with Gasteiger partial charge in [0.2, 0.25) is 5.91 Å². The second-order valence-corrected chi connectivity index (χ2v) is 7.53. The van der Waals surface area contributed by atoms with E-state index in [2.05, 4.69) is 9.97 Å². The zero-order valence-electron chi connectivity index (χ0n) is 16.4. The highest BCUT2D eigenvalue weighted by Gasteiger charge is 2.36. The van der Waals surface area contributed by atoms with Gasteiger partial charge in [0, 0.05) is 25.9 Å². The number of likely N-dealkylation sites (N-methyl/N-ethyl adjacent to an activating group) is 1.